The van der Waals surface area contributed by atoms with Gasteiger partial charge in [0.15, 0.2) is 0 Å². The highest BCUT2D eigenvalue weighted by molar-refractivity contribution is 5.79. The Balaban J connectivity index is 1.72. The molecule has 0 heterocycles. The minimum absolute atomic E-state index is 0.0352. The molecule has 1 aliphatic carbocycles. The lowest BCUT2D eigenvalue weighted by molar-refractivity contribution is -0.122. The molecular weight excluding hydrogens is 634 g/mol. The molecule has 10 N–H and O–H groups in total. The first-order valence-electron chi connectivity index (χ1n) is 16.6. The van der Waals surface area contributed by atoms with Crippen molar-refractivity contribution >= 4 is 23.8 Å². The summed E-state index contributed by atoms with van der Waals surface area (Å²) in [5.41, 5.74) is 19.4. The lowest BCUT2D eigenvalue weighted by Gasteiger charge is -2.34. The van der Waals surface area contributed by atoms with Crippen molar-refractivity contribution in [3.63, 3.8) is 0 Å². The Morgan fingerprint density at radius 3 is 1.39 bits per heavy atom. The predicted octanol–water partition coefficient (Wildman–Crippen LogP) is -0.291. The largest absolute Gasteiger partial charge is 0.449 e. The summed E-state index contributed by atoms with van der Waals surface area (Å²) in [4.78, 5) is 49.8. The van der Waals surface area contributed by atoms with Gasteiger partial charge in [-0.25, -0.2) is 4.79 Å². The Hall–Kier alpha value is -4.12. The van der Waals surface area contributed by atoms with E-state index in [4.69, 9.17) is 36.1 Å². The summed E-state index contributed by atoms with van der Waals surface area (Å²) in [6.45, 7) is 1.74. The minimum atomic E-state index is -1.31. The maximum Gasteiger partial charge on any atom is 0.407 e. The maximum atomic E-state index is 13.5. The van der Waals surface area contributed by atoms with Gasteiger partial charge in [0.1, 0.15) is 12.1 Å². The molecule has 0 bridgehead atoms. The van der Waals surface area contributed by atoms with E-state index in [0.717, 1.165) is 22.3 Å². The van der Waals surface area contributed by atoms with E-state index in [1.165, 1.54) is 0 Å². The number of carbonyl (C=O) groups excluding carboxylic acids is 4. The molecule has 1 aliphatic rings. The van der Waals surface area contributed by atoms with Crippen LogP contribution < -0.4 is 38.5 Å². The molecule has 15 heteroatoms. The summed E-state index contributed by atoms with van der Waals surface area (Å²) in [5, 5.41) is 10.9. The molecule has 0 saturated heterocycles. The first-order chi connectivity index (χ1) is 23.8. The number of ether oxygens (including phenoxy) is 4. The van der Waals surface area contributed by atoms with Crippen LogP contribution in [0.15, 0.2) is 48.5 Å². The molecule has 2 aromatic carbocycles. The van der Waals surface area contributed by atoms with Crippen molar-refractivity contribution in [3.05, 3.63) is 59.7 Å². The fourth-order valence-corrected chi connectivity index (χ4v) is 5.28. The molecule has 0 fully saturated rings. The molecule has 49 heavy (non-hydrogen) atoms. The first kappa shape index (κ1) is 39.3. The van der Waals surface area contributed by atoms with Crippen LogP contribution in [0.2, 0.25) is 0 Å². The third-order valence-electron chi connectivity index (χ3n) is 7.67. The molecule has 0 radical (unpaired) electrons. The lowest BCUT2D eigenvalue weighted by Crippen LogP contribution is -2.59. The Bertz CT molecular complexity index is 1230. The first-order valence-corrected chi connectivity index (χ1v) is 16.6. The highest BCUT2D eigenvalue weighted by atomic mass is 16.6. The molecular formula is C34H51N7O8. The van der Waals surface area contributed by atoms with Crippen molar-refractivity contribution in [2.75, 3.05) is 85.5 Å². The molecule has 0 aromatic heterocycles. The number of benzene rings is 2. The van der Waals surface area contributed by atoms with E-state index in [2.05, 4.69) is 21.3 Å². The second-order valence-corrected chi connectivity index (χ2v) is 11.6. The number of carbonyl (C=O) groups is 4. The van der Waals surface area contributed by atoms with Crippen molar-refractivity contribution in [1.82, 2.24) is 21.3 Å². The Labute approximate surface area is 287 Å². The van der Waals surface area contributed by atoms with Gasteiger partial charge in [-0.05, 0) is 22.3 Å². The van der Waals surface area contributed by atoms with Crippen LogP contribution in [0.4, 0.5) is 4.79 Å². The molecule has 15 nitrogen and oxygen atoms in total. The summed E-state index contributed by atoms with van der Waals surface area (Å²) < 4.78 is 23.4. The molecule has 3 rings (SSSR count). The monoisotopic (exact) mass is 685 g/mol. The number of alkyl carbamates (subject to hydrolysis) is 1. The van der Waals surface area contributed by atoms with Crippen molar-refractivity contribution in [1.29, 1.82) is 0 Å². The van der Waals surface area contributed by atoms with Crippen LogP contribution in [0.5, 0.6) is 0 Å². The summed E-state index contributed by atoms with van der Waals surface area (Å²) in [5.74, 6) is -0.873. The number of fused-ring (bicyclic) bond motifs is 3. The van der Waals surface area contributed by atoms with Gasteiger partial charge in [0.05, 0.1) is 39.6 Å². The van der Waals surface area contributed by atoms with Crippen LogP contribution >= 0.6 is 0 Å². The topological polar surface area (TPSA) is 231 Å². The molecule has 270 valence electrons. The molecule has 0 saturated carbocycles. The summed E-state index contributed by atoms with van der Waals surface area (Å²) in [7, 11) is 0. The van der Waals surface area contributed by atoms with E-state index in [1.54, 1.807) is 0 Å². The van der Waals surface area contributed by atoms with E-state index in [-0.39, 0.29) is 89.2 Å². The Morgan fingerprint density at radius 1 is 0.612 bits per heavy atom. The average molecular weight is 686 g/mol. The summed E-state index contributed by atoms with van der Waals surface area (Å²) >= 11 is 0. The average Bonchev–Trinajstić information content (AvgIpc) is 3.43. The van der Waals surface area contributed by atoms with E-state index < -0.39 is 11.6 Å². The van der Waals surface area contributed by atoms with Crippen LogP contribution in [-0.2, 0) is 33.3 Å². The SMILES string of the molecule is NCCNC(=O)CCOCC(COCCC(=O)NCCN)(COCCC(=O)NCCN)NC(=O)OCC1c2ccccc2-c2ccccc21. The molecule has 2 aromatic rings. The van der Waals surface area contributed by atoms with Crippen molar-refractivity contribution in [2.45, 2.75) is 30.7 Å². The highest BCUT2D eigenvalue weighted by Gasteiger charge is 2.36. The van der Waals surface area contributed by atoms with E-state index in [9.17, 15) is 19.2 Å². The van der Waals surface area contributed by atoms with Crippen molar-refractivity contribution in [2.24, 2.45) is 17.2 Å². The third kappa shape index (κ3) is 13.4. The Kier molecular flexibility index (Phi) is 17.5. The lowest BCUT2D eigenvalue weighted by atomic mass is 9.98. The maximum absolute atomic E-state index is 13.5. The second-order valence-electron chi connectivity index (χ2n) is 11.6. The predicted molar refractivity (Wildman–Crippen MR) is 183 cm³/mol. The second kappa shape index (κ2) is 21.8. The van der Waals surface area contributed by atoms with Crippen molar-refractivity contribution < 1.29 is 38.1 Å². The van der Waals surface area contributed by atoms with Gasteiger partial charge in [-0.3, -0.25) is 14.4 Å². The van der Waals surface area contributed by atoms with Gasteiger partial charge in [0, 0.05) is 64.4 Å². The van der Waals surface area contributed by atoms with E-state index in [1.807, 2.05) is 48.5 Å². The van der Waals surface area contributed by atoms with E-state index in [0.29, 0.717) is 39.3 Å². The van der Waals surface area contributed by atoms with Gasteiger partial charge in [-0.2, -0.15) is 0 Å². The number of hydrogen-bond donors (Lipinski definition) is 7. The molecule has 0 spiro atoms. The van der Waals surface area contributed by atoms with Crippen LogP contribution in [0.3, 0.4) is 0 Å². The van der Waals surface area contributed by atoms with Gasteiger partial charge in [0.25, 0.3) is 0 Å². The van der Waals surface area contributed by atoms with Crippen LogP contribution in [-0.4, -0.2) is 115 Å². The zero-order valence-electron chi connectivity index (χ0n) is 28.0. The third-order valence-corrected chi connectivity index (χ3v) is 7.67. The highest BCUT2D eigenvalue weighted by Crippen LogP contribution is 2.44. The van der Waals surface area contributed by atoms with Gasteiger partial charge >= 0.3 is 6.09 Å². The quantitative estimate of drug-likeness (QED) is 0.0710. The standard InChI is InChI=1S/C34H51N7O8/c35-12-15-38-30(42)9-18-46-22-34(23-47-19-10-31(43)39-16-13-36,24-48-20-11-32(44)40-17-14-37)41-33(45)49-21-29-27-7-3-1-5-25(27)26-6-2-4-8-28(26)29/h1-8,29H,9-24,35-37H2,(H,38,42)(H,39,43)(H,40,44)(H,41,45). The fraction of sp³-hybridized carbons (Fsp3) is 0.529. The molecule has 0 aliphatic heterocycles. The number of nitrogens with one attached hydrogen (secondary N) is 4. The molecule has 0 atom stereocenters. The number of amides is 4. The van der Waals surface area contributed by atoms with Crippen molar-refractivity contribution in [3.8, 4) is 11.1 Å². The Morgan fingerprint density at radius 2 is 1.00 bits per heavy atom. The zero-order valence-corrected chi connectivity index (χ0v) is 28.0. The van der Waals surface area contributed by atoms with E-state index >= 15 is 0 Å². The summed E-state index contributed by atoms with van der Waals surface area (Å²) in [6.07, 6.45) is -0.554. The number of nitrogens with two attached hydrogens (primary N) is 3. The smallest absolute Gasteiger partial charge is 0.407 e. The minimum Gasteiger partial charge on any atom is -0.449 e. The molecule has 0 unspecified atom stereocenters. The number of rotatable bonds is 24. The summed E-state index contributed by atoms with van der Waals surface area (Å²) in [6, 6.07) is 16.0. The van der Waals surface area contributed by atoms with Gasteiger partial charge in [0.2, 0.25) is 17.7 Å². The van der Waals surface area contributed by atoms with Gasteiger partial charge < -0.3 is 57.4 Å². The van der Waals surface area contributed by atoms with Crippen LogP contribution in [0.25, 0.3) is 11.1 Å². The van der Waals surface area contributed by atoms with Gasteiger partial charge in [-0.1, -0.05) is 48.5 Å². The van der Waals surface area contributed by atoms with Crippen LogP contribution in [0.1, 0.15) is 36.3 Å². The van der Waals surface area contributed by atoms with Gasteiger partial charge in [-0.15, -0.1) is 0 Å². The normalized spacial score (nSPS) is 12.1. The molecule has 4 amide bonds. The fourth-order valence-electron chi connectivity index (χ4n) is 5.28. The number of hydrogen-bond acceptors (Lipinski definition) is 11. The van der Waals surface area contributed by atoms with Crippen LogP contribution in [0, 0.1) is 0 Å². The zero-order chi connectivity index (χ0) is 35.3.